The number of carbonyl (C=O) groups excluding carboxylic acids is 2. The number of benzene rings is 1. The highest BCUT2D eigenvalue weighted by Crippen LogP contribution is 2.09. The summed E-state index contributed by atoms with van der Waals surface area (Å²) in [5, 5.41) is 0. The Kier molecular flexibility index (Phi) is 9.76. The summed E-state index contributed by atoms with van der Waals surface area (Å²) in [6, 6.07) is 6.43. The molecule has 0 unspecified atom stereocenters. The molecular formula is C19H28O4. The van der Waals surface area contributed by atoms with E-state index in [9.17, 15) is 9.59 Å². The van der Waals surface area contributed by atoms with Crippen LogP contribution >= 0.6 is 0 Å². The maximum atomic E-state index is 11.9. The molecule has 0 amide bonds. The number of unbranched alkanes of at least 4 members (excludes halogenated alkanes) is 5. The Morgan fingerprint density at radius 2 is 1.09 bits per heavy atom. The van der Waals surface area contributed by atoms with Gasteiger partial charge in [-0.25, -0.2) is 9.59 Å². The molecule has 23 heavy (non-hydrogen) atoms. The molecule has 0 spiro atoms. The van der Waals surface area contributed by atoms with Gasteiger partial charge in [-0.1, -0.05) is 46.0 Å². The van der Waals surface area contributed by atoms with Gasteiger partial charge in [0.2, 0.25) is 0 Å². The van der Waals surface area contributed by atoms with Crippen LogP contribution in [0.2, 0.25) is 0 Å². The molecule has 0 radical (unpaired) electrons. The molecule has 0 saturated carbocycles. The van der Waals surface area contributed by atoms with E-state index in [-0.39, 0.29) is 11.9 Å². The summed E-state index contributed by atoms with van der Waals surface area (Å²) >= 11 is 0. The van der Waals surface area contributed by atoms with Crippen LogP contribution in [-0.2, 0) is 9.47 Å². The zero-order valence-electron chi connectivity index (χ0n) is 14.3. The summed E-state index contributed by atoms with van der Waals surface area (Å²) < 4.78 is 10.4. The molecule has 1 rings (SSSR count). The molecule has 0 aliphatic rings. The fourth-order valence-electron chi connectivity index (χ4n) is 2.12. The molecule has 1 aromatic rings. The van der Waals surface area contributed by atoms with E-state index < -0.39 is 0 Å². The number of ether oxygens (including phenoxy) is 2. The van der Waals surface area contributed by atoms with E-state index in [1.807, 2.05) is 0 Å². The van der Waals surface area contributed by atoms with Crippen molar-refractivity contribution in [3.05, 3.63) is 35.4 Å². The highest BCUT2D eigenvalue weighted by atomic mass is 16.5. The molecule has 0 heterocycles. The predicted molar refractivity (Wildman–Crippen MR) is 90.7 cm³/mol. The lowest BCUT2D eigenvalue weighted by atomic mass is 10.1. The number of hydrogen-bond donors (Lipinski definition) is 0. The third-order valence-electron chi connectivity index (χ3n) is 3.57. The van der Waals surface area contributed by atoms with Crippen LogP contribution in [0.3, 0.4) is 0 Å². The lowest BCUT2D eigenvalue weighted by molar-refractivity contribution is 0.0483. The van der Waals surface area contributed by atoms with Gasteiger partial charge in [0.1, 0.15) is 0 Å². The van der Waals surface area contributed by atoms with Gasteiger partial charge >= 0.3 is 11.9 Å². The topological polar surface area (TPSA) is 52.6 Å². The first-order valence-corrected chi connectivity index (χ1v) is 8.63. The van der Waals surface area contributed by atoms with Crippen molar-refractivity contribution in [3.8, 4) is 0 Å². The minimum atomic E-state index is -0.347. The molecule has 0 N–H and O–H groups in total. The highest BCUT2D eigenvalue weighted by molar-refractivity contribution is 5.93. The SMILES string of the molecule is CCCCCCOC(=O)c1ccc(C(=O)OCCCCC)cc1. The summed E-state index contributed by atoms with van der Waals surface area (Å²) in [5.41, 5.74) is 0.920. The molecule has 0 saturated heterocycles. The van der Waals surface area contributed by atoms with Crippen LogP contribution in [0, 0.1) is 0 Å². The lowest BCUT2D eigenvalue weighted by Crippen LogP contribution is -2.09. The molecule has 0 fully saturated rings. The van der Waals surface area contributed by atoms with Gasteiger partial charge in [-0.05, 0) is 37.1 Å². The maximum absolute atomic E-state index is 11.9. The van der Waals surface area contributed by atoms with E-state index >= 15 is 0 Å². The monoisotopic (exact) mass is 320 g/mol. The summed E-state index contributed by atoms with van der Waals surface area (Å²) in [7, 11) is 0. The molecule has 0 aromatic heterocycles. The van der Waals surface area contributed by atoms with E-state index in [1.54, 1.807) is 24.3 Å². The smallest absolute Gasteiger partial charge is 0.338 e. The fraction of sp³-hybridized carbons (Fsp3) is 0.579. The maximum Gasteiger partial charge on any atom is 0.338 e. The van der Waals surface area contributed by atoms with Gasteiger partial charge in [-0.15, -0.1) is 0 Å². The minimum Gasteiger partial charge on any atom is -0.462 e. The molecule has 0 aliphatic carbocycles. The van der Waals surface area contributed by atoms with Gasteiger partial charge in [0.25, 0.3) is 0 Å². The molecular weight excluding hydrogens is 292 g/mol. The van der Waals surface area contributed by atoms with Crippen molar-refractivity contribution in [2.75, 3.05) is 13.2 Å². The molecule has 0 bridgehead atoms. The van der Waals surface area contributed by atoms with E-state index in [1.165, 1.54) is 0 Å². The molecule has 128 valence electrons. The first kappa shape index (κ1) is 19.2. The van der Waals surface area contributed by atoms with Crippen LogP contribution in [0.5, 0.6) is 0 Å². The zero-order chi connectivity index (χ0) is 16.9. The summed E-state index contributed by atoms with van der Waals surface area (Å²) in [6.45, 7) is 5.13. The van der Waals surface area contributed by atoms with E-state index in [0.29, 0.717) is 24.3 Å². The summed E-state index contributed by atoms with van der Waals surface area (Å²) in [4.78, 5) is 23.7. The molecule has 0 aliphatic heterocycles. The Balaban J connectivity index is 2.36. The normalized spacial score (nSPS) is 10.3. The van der Waals surface area contributed by atoms with Crippen LogP contribution in [0.4, 0.5) is 0 Å². The van der Waals surface area contributed by atoms with Crippen molar-refractivity contribution >= 4 is 11.9 Å². The van der Waals surface area contributed by atoms with Crippen molar-refractivity contribution in [1.29, 1.82) is 0 Å². The largest absolute Gasteiger partial charge is 0.462 e. The number of rotatable bonds is 11. The van der Waals surface area contributed by atoms with E-state index in [4.69, 9.17) is 9.47 Å². The van der Waals surface area contributed by atoms with Crippen molar-refractivity contribution in [3.63, 3.8) is 0 Å². The Morgan fingerprint density at radius 3 is 1.52 bits per heavy atom. The zero-order valence-corrected chi connectivity index (χ0v) is 14.3. The summed E-state index contributed by atoms with van der Waals surface area (Å²) in [5.74, 6) is -0.690. The second-order valence-corrected chi connectivity index (χ2v) is 5.62. The Labute approximate surface area is 139 Å². The van der Waals surface area contributed by atoms with Crippen LogP contribution in [0.15, 0.2) is 24.3 Å². The number of carbonyl (C=O) groups is 2. The molecule has 1 aromatic carbocycles. The minimum absolute atomic E-state index is 0.343. The van der Waals surface area contributed by atoms with Gasteiger partial charge in [0, 0.05) is 0 Å². The first-order chi connectivity index (χ1) is 11.2. The lowest BCUT2D eigenvalue weighted by Gasteiger charge is -2.06. The van der Waals surface area contributed by atoms with Crippen LogP contribution in [-0.4, -0.2) is 25.2 Å². The Hall–Kier alpha value is -1.84. The average Bonchev–Trinajstić information content (AvgIpc) is 2.58. The quantitative estimate of drug-likeness (QED) is 0.435. The highest BCUT2D eigenvalue weighted by Gasteiger charge is 2.10. The average molecular weight is 320 g/mol. The van der Waals surface area contributed by atoms with E-state index in [0.717, 1.165) is 44.9 Å². The number of esters is 2. The summed E-state index contributed by atoms with van der Waals surface area (Å²) in [6.07, 6.45) is 7.30. The molecule has 4 nitrogen and oxygen atoms in total. The molecule has 0 atom stereocenters. The Bertz CT molecular complexity index is 465. The van der Waals surface area contributed by atoms with Gasteiger partial charge in [-0.3, -0.25) is 0 Å². The van der Waals surface area contributed by atoms with Crippen LogP contribution in [0.1, 0.15) is 79.5 Å². The van der Waals surface area contributed by atoms with Crippen molar-refractivity contribution in [2.24, 2.45) is 0 Å². The van der Waals surface area contributed by atoms with Gasteiger partial charge in [0.15, 0.2) is 0 Å². The van der Waals surface area contributed by atoms with Gasteiger partial charge in [0.05, 0.1) is 24.3 Å². The van der Waals surface area contributed by atoms with Crippen molar-refractivity contribution in [1.82, 2.24) is 0 Å². The molecule has 4 heteroatoms. The third-order valence-corrected chi connectivity index (χ3v) is 3.57. The third kappa shape index (κ3) is 7.82. The van der Waals surface area contributed by atoms with Crippen molar-refractivity contribution in [2.45, 2.75) is 58.8 Å². The van der Waals surface area contributed by atoms with Crippen molar-refractivity contribution < 1.29 is 19.1 Å². The predicted octanol–water partition coefficient (Wildman–Crippen LogP) is 4.77. The Morgan fingerprint density at radius 1 is 0.696 bits per heavy atom. The fourth-order valence-corrected chi connectivity index (χ4v) is 2.12. The second kappa shape index (κ2) is 11.7. The second-order valence-electron chi connectivity index (χ2n) is 5.62. The standard InChI is InChI=1S/C19H28O4/c1-3-5-7-9-15-23-19(21)17-12-10-16(11-13-17)18(20)22-14-8-6-4-2/h10-13H,3-9,14-15H2,1-2H3. The van der Waals surface area contributed by atoms with E-state index in [2.05, 4.69) is 13.8 Å². The van der Waals surface area contributed by atoms with Gasteiger partial charge in [-0.2, -0.15) is 0 Å². The first-order valence-electron chi connectivity index (χ1n) is 8.63. The van der Waals surface area contributed by atoms with Crippen LogP contribution in [0.25, 0.3) is 0 Å². The van der Waals surface area contributed by atoms with Crippen LogP contribution < -0.4 is 0 Å². The number of hydrogen-bond acceptors (Lipinski definition) is 4. The van der Waals surface area contributed by atoms with Gasteiger partial charge < -0.3 is 9.47 Å².